The zero-order chi connectivity index (χ0) is 22.9. The monoisotopic (exact) mass is 443 g/mol. The molecule has 1 aliphatic rings. The molecule has 7 heteroatoms. The largest absolute Gasteiger partial charge is 0.441 e. The molecule has 1 aromatic heterocycles. The highest BCUT2D eigenvalue weighted by Gasteiger charge is 2.27. The maximum atomic E-state index is 12.7. The number of piperidine rings is 1. The van der Waals surface area contributed by atoms with Crippen molar-refractivity contribution in [3.63, 3.8) is 0 Å². The van der Waals surface area contributed by atoms with Crippen LogP contribution in [0.3, 0.4) is 0 Å². The van der Waals surface area contributed by atoms with Crippen molar-refractivity contribution < 1.29 is 18.7 Å². The second-order valence-electron chi connectivity index (χ2n) is 8.23. The molecule has 0 spiro atoms. The van der Waals surface area contributed by atoms with Crippen LogP contribution in [0.5, 0.6) is 0 Å². The van der Waals surface area contributed by atoms with E-state index in [9.17, 15) is 4.79 Å². The number of aryl methyl sites for hydroxylation is 2. The third kappa shape index (κ3) is 6.64. The number of nitrogens with one attached hydrogen (secondary N) is 1. The van der Waals surface area contributed by atoms with Crippen molar-refractivity contribution in [2.45, 2.75) is 59.8 Å². The Balaban J connectivity index is 1.56. The first-order valence-corrected chi connectivity index (χ1v) is 11.8. The van der Waals surface area contributed by atoms with Gasteiger partial charge in [0.2, 0.25) is 11.8 Å². The van der Waals surface area contributed by atoms with Crippen molar-refractivity contribution in [2.75, 3.05) is 32.8 Å². The predicted octanol–water partition coefficient (Wildman–Crippen LogP) is 3.94. The molecule has 0 aliphatic carbocycles. The third-order valence-corrected chi connectivity index (χ3v) is 5.90. The van der Waals surface area contributed by atoms with E-state index in [0.717, 1.165) is 42.8 Å². The van der Waals surface area contributed by atoms with Gasteiger partial charge in [-0.05, 0) is 64.3 Å². The van der Waals surface area contributed by atoms with Gasteiger partial charge in [0.15, 0.2) is 6.29 Å². The van der Waals surface area contributed by atoms with Gasteiger partial charge in [0, 0.05) is 31.9 Å². The van der Waals surface area contributed by atoms with Gasteiger partial charge in [0.25, 0.3) is 0 Å². The Morgan fingerprint density at radius 1 is 1.22 bits per heavy atom. The average Bonchev–Trinajstić information content (AvgIpc) is 3.17. The first-order valence-electron chi connectivity index (χ1n) is 11.8. The first-order chi connectivity index (χ1) is 15.5. The van der Waals surface area contributed by atoms with Crippen LogP contribution in [-0.4, -0.2) is 54.9 Å². The first kappa shape index (κ1) is 24.4. The summed E-state index contributed by atoms with van der Waals surface area (Å²) in [6, 6.07) is 8.36. The van der Waals surface area contributed by atoms with Crippen molar-refractivity contribution >= 4 is 5.91 Å². The van der Waals surface area contributed by atoms with Crippen molar-refractivity contribution in [1.82, 2.24) is 15.2 Å². The van der Waals surface area contributed by atoms with Crippen LogP contribution in [0.4, 0.5) is 0 Å². The van der Waals surface area contributed by atoms with Gasteiger partial charge in [-0.2, -0.15) is 0 Å². The van der Waals surface area contributed by atoms with Crippen LogP contribution >= 0.6 is 0 Å². The lowest BCUT2D eigenvalue weighted by molar-refractivity contribution is -0.143. The fourth-order valence-corrected chi connectivity index (χ4v) is 4.07. The molecule has 0 saturated carbocycles. The number of hydrogen-bond acceptors (Lipinski definition) is 6. The lowest BCUT2D eigenvalue weighted by Gasteiger charge is -2.31. The molecule has 1 amide bonds. The molecular formula is C25H37N3O4. The fraction of sp³-hybridized carbons (Fsp3) is 0.600. The molecule has 0 radical (unpaired) electrons. The molecule has 1 saturated heterocycles. The Morgan fingerprint density at radius 2 is 1.94 bits per heavy atom. The van der Waals surface area contributed by atoms with E-state index >= 15 is 0 Å². The number of rotatable bonds is 11. The molecule has 1 atom stereocenters. The summed E-state index contributed by atoms with van der Waals surface area (Å²) in [5.74, 6) is 1.51. The summed E-state index contributed by atoms with van der Waals surface area (Å²) in [7, 11) is 0. The quantitative estimate of drug-likeness (QED) is 0.530. The minimum absolute atomic E-state index is 0.0408. The zero-order valence-electron chi connectivity index (χ0n) is 19.9. The van der Waals surface area contributed by atoms with Crippen molar-refractivity contribution in [2.24, 2.45) is 5.92 Å². The molecule has 1 aliphatic heterocycles. The van der Waals surface area contributed by atoms with E-state index in [-0.39, 0.29) is 11.8 Å². The number of hydrogen-bond donors (Lipinski definition) is 1. The summed E-state index contributed by atoms with van der Waals surface area (Å²) in [4.78, 5) is 19.8. The Bertz CT molecular complexity index is 843. The molecule has 3 rings (SSSR count). The van der Waals surface area contributed by atoms with Gasteiger partial charge in [0.05, 0.1) is 18.2 Å². The number of carbonyl (C=O) groups is 1. The van der Waals surface area contributed by atoms with Gasteiger partial charge < -0.3 is 19.2 Å². The van der Waals surface area contributed by atoms with Crippen LogP contribution in [0.25, 0.3) is 11.5 Å². The van der Waals surface area contributed by atoms with E-state index in [1.807, 2.05) is 20.8 Å². The topological polar surface area (TPSA) is 76.8 Å². The second-order valence-corrected chi connectivity index (χ2v) is 8.23. The van der Waals surface area contributed by atoms with Gasteiger partial charge in [-0.1, -0.05) is 19.1 Å². The standard InChI is InChI=1S/C25H37N3O4/c1-5-19-10-12-20(13-11-19)25-27-22(18(4)32-25)17-28-14-8-9-21(16-28)24(29)26-15-23(30-6-2)31-7-3/h10-13,21,23H,5-9,14-17H2,1-4H3,(H,26,29). The number of carbonyl (C=O) groups excluding carboxylic acids is 1. The summed E-state index contributed by atoms with van der Waals surface area (Å²) in [5.41, 5.74) is 3.22. The minimum atomic E-state index is -0.392. The van der Waals surface area contributed by atoms with Crippen molar-refractivity contribution in [3.05, 3.63) is 41.3 Å². The van der Waals surface area contributed by atoms with E-state index in [1.54, 1.807) is 0 Å². The van der Waals surface area contributed by atoms with E-state index in [4.69, 9.17) is 18.9 Å². The number of benzene rings is 1. The summed E-state index contributed by atoms with van der Waals surface area (Å²) in [6.07, 6.45) is 2.50. The van der Waals surface area contributed by atoms with Crippen molar-refractivity contribution in [3.8, 4) is 11.5 Å². The second kappa shape index (κ2) is 12.1. The zero-order valence-corrected chi connectivity index (χ0v) is 19.9. The summed E-state index contributed by atoms with van der Waals surface area (Å²) in [6.45, 7) is 11.8. The Kier molecular flexibility index (Phi) is 9.26. The molecule has 1 aromatic carbocycles. The van der Waals surface area contributed by atoms with E-state index in [2.05, 4.69) is 41.4 Å². The minimum Gasteiger partial charge on any atom is -0.441 e. The van der Waals surface area contributed by atoms with Crippen LogP contribution in [0.1, 0.15) is 50.6 Å². The van der Waals surface area contributed by atoms with Gasteiger partial charge in [0.1, 0.15) is 5.76 Å². The number of amides is 1. The van der Waals surface area contributed by atoms with Crippen LogP contribution < -0.4 is 5.32 Å². The highest BCUT2D eigenvalue weighted by molar-refractivity contribution is 5.79. The number of likely N-dealkylation sites (tertiary alicyclic amines) is 1. The molecule has 0 bridgehead atoms. The average molecular weight is 444 g/mol. The van der Waals surface area contributed by atoms with Crippen LogP contribution in [0, 0.1) is 12.8 Å². The molecule has 2 heterocycles. The summed E-state index contributed by atoms with van der Waals surface area (Å²) in [5, 5.41) is 3.00. The third-order valence-electron chi connectivity index (χ3n) is 5.90. The Morgan fingerprint density at radius 3 is 2.59 bits per heavy atom. The van der Waals surface area contributed by atoms with Crippen LogP contribution in [0.15, 0.2) is 28.7 Å². The molecule has 1 fully saturated rings. The Hall–Kier alpha value is -2.22. The molecule has 176 valence electrons. The van der Waals surface area contributed by atoms with Crippen molar-refractivity contribution in [1.29, 1.82) is 0 Å². The summed E-state index contributed by atoms with van der Waals surface area (Å²) >= 11 is 0. The van der Waals surface area contributed by atoms with Gasteiger partial charge in [-0.25, -0.2) is 4.98 Å². The van der Waals surface area contributed by atoms with Gasteiger partial charge >= 0.3 is 0 Å². The van der Waals surface area contributed by atoms with Crippen LogP contribution in [0.2, 0.25) is 0 Å². The molecule has 1 unspecified atom stereocenters. The number of aromatic nitrogens is 1. The van der Waals surface area contributed by atoms with E-state index < -0.39 is 6.29 Å². The van der Waals surface area contributed by atoms with Gasteiger partial charge in [-0.15, -0.1) is 0 Å². The fourth-order valence-electron chi connectivity index (χ4n) is 4.07. The lowest BCUT2D eigenvalue weighted by Crippen LogP contribution is -2.45. The molecule has 32 heavy (non-hydrogen) atoms. The smallest absolute Gasteiger partial charge is 0.226 e. The lowest BCUT2D eigenvalue weighted by atomic mass is 9.97. The molecule has 1 N–H and O–H groups in total. The number of oxazole rings is 1. The predicted molar refractivity (Wildman–Crippen MR) is 124 cm³/mol. The highest BCUT2D eigenvalue weighted by atomic mass is 16.7. The number of ether oxygens (including phenoxy) is 2. The number of nitrogens with zero attached hydrogens (tertiary/aromatic N) is 2. The summed E-state index contributed by atoms with van der Waals surface area (Å²) < 4.78 is 17.0. The normalized spacial score (nSPS) is 17.1. The van der Waals surface area contributed by atoms with Crippen LogP contribution in [-0.2, 0) is 27.2 Å². The SMILES string of the molecule is CCOC(CNC(=O)C1CCCN(Cc2nc(-c3ccc(CC)cc3)oc2C)C1)OCC. The maximum absolute atomic E-state index is 12.7. The Labute approximate surface area is 191 Å². The maximum Gasteiger partial charge on any atom is 0.226 e. The van der Waals surface area contributed by atoms with Gasteiger partial charge in [-0.3, -0.25) is 9.69 Å². The molecule has 7 nitrogen and oxygen atoms in total. The van der Waals surface area contributed by atoms with E-state index in [0.29, 0.717) is 38.7 Å². The molecular weight excluding hydrogens is 406 g/mol. The van der Waals surface area contributed by atoms with E-state index in [1.165, 1.54) is 5.56 Å². The molecule has 2 aromatic rings. The highest BCUT2D eigenvalue weighted by Crippen LogP contribution is 2.25.